The van der Waals surface area contributed by atoms with E-state index < -0.39 is 16.9 Å². The lowest BCUT2D eigenvalue weighted by molar-refractivity contribution is 0.626. The van der Waals surface area contributed by atoms with Crippen molar-refractivity contribution in [2.45, 2.75) is 0 Å². The Morgan fingerprint density at radius 2 is 0.750 bits per heavy atom. The summed E-state index contributed by atoms with van der Waals surface area (Å²) in [7, 11) is -3.24. The van der Waals surface area contributed by atoms with Gasteiger partial charge in [0.05, 0.1) is 0 Å². The summed E-state index contributed by atoms with van der Waals surface area (Å²) in [6.45, 7) is 0. The Bertz CT molecular complexity index is 27.5. The van der Waals surface area contributed by atoms with E-state index in [4.69, 9.17) is 9.79 Å². The second-order valence-corrected chi connectivity index (χ2v) is 2.28. The van der Waals surface area contributed by atoms with Crippen LogP contribution in [-0.4, -0.2) is 9.79 Å². The number of hydrogen-bond acceptors (Lipinski definition) is 6. The van der Waals surface area contributed by atoms with Crippen molar-refractivity contribution in [3.63, 3.8) is 0 Å². The summed E-state index contributed by atoms with van der Waals surface area (Å²) in [5, 5.41) is 0. The highest BCUT2D eigenvalue weighted by Crippen LogP contribution is 1.98. The molecule has 52 valence electrons. The molecule has 0 rings (SSSR count). The maximum atomic E-state index is 7.68. The van der Waals surface area contributed by atoms with Crippen molar-refractivity contribution in [1.82, 2.24) is 0 Å². The molecule has 0 fully saturated rings. The Morgan fingerprint density at radius 1 is 0.750 bits per heavy atom. The van der Waals surface area contributed by atoms with Crippen molar-refractivity contribution >= 4 is 16.9 Å². The summed E-state index contributed by atoms with van der Waals surface area (Å²) in [6.07, 6.45) is 0. The lowest BCUT2D eigenvalue weighted by Gasteiger charge is -1.81. The van der Waals surface area contributed by atoms with Gasteiger partial charge in [-0.25, -0.2) is 0 Å². The normalized spacial score (nSPS) is 9.00. The lowest BCUT2D eigenvalue weighted by atomic mass is 13.9. The average molecular weight is 160 g/mol. The molecule has 0 aromatic carbocycles. The van der Waals surface area contributed by atoms with Crippen molar-refractivity contribution in [3.8, 4) is 0 Å². The summed E-state index contributed by atoms with van der Waals surface area (Å²) in [6, 6.07) is 0. The van der Waals surface area contributed by atoms with Gasteiger partial charge in [-0.15, -0.1) is 0 Å². The van der Waals surface area contributed by atoms with Crippen LogP contribution in [0.5, 0.6) is 0 Å². The monoisotopic (exact) mass is 160 g/mol. The standard InChI is InChI=1S/2H5N2OP/c2*1-4(2)3/h2*3H,1-2H2. The molecule has 8 heavy (non-hydrogen) atoms. The van der Waals surface area contributed by atoms with Crippen molar-refractivity contribution < 1.29 is 9.79 Å². The number of nitrogens with two attached hydrogens (primary N) is 4. The highest BCUT2D eigenvalue weighted by molar-refractivity contribution is 7.46. The van der Waals surface area contributed by atoms with Crippen LogP contribution in [0.3, 0.4) is 0 Å². The van der Waals surface area contributed by atoms with Crippen LogP contribution in [0.2, 0.25) is 0 Å². The van der Waals surface area contributed by atoms with E-state index in [1.807, 2.05) is 0 Å². The first-order valence-electron chi connectivity index (χ1n) is 1.43. The van der Waals surface area contributed by atoms with Gasteiger partial charge in [0.15, 0.2) is 16.9 Å². The smallest absolute Gasteiger partial charge is 0.173 e. The Hall–Kier alpha value is 0.620. The largest absolute Gasteiger partial charge is 0.348 e. The minimum absolute atomic E-state index is 1.62. The topological polar surface area (TPSA) is 145 Å². The second-order valence-electron chi connectivity index (χ2n) is 0.760. The third-order valence-corrected chi connectivity index (χ3v) is 0. The van der Waals surface area contributed by atoms with Gasteiger partial charge < -0.3 is 9.79 Å². The van der Waals surface area contributed by atoms with E-state index in [-0.39, 0.29) is 0 Å². The first-order chi connectivity index (χ1) is 3.46. The zero-order chi connectivity index (χ0) is 7.15. The Balaban J connectivity index is 0. The highest BCUT2D eigenvalue weighted by atomic mass is 31.2. The molecule has 0 heterocycles. The van der Waals surface area contributed by atoms with Gasteiger partial charge in [-0.3, -0.25) is 22.0 Å². The summed E-state index contributed by atoms with van der Waals surface area (Å²) in [4.78, 5) is 15.4. The molecule has 6 nitrogen and oxygen atoms in total. The molecule has 0 saturated heterocycles. The van der Waals surface area contributed by atoms with Gasteiger partial charge in [0.2, 0.25) is 0 Å². The van der Waals surface area contributed by atoms with Gasteiger partial charge in [-0.2, -0.15) is 0 Å². The van der Waals surface area contributed by atoms with Gasteiger partial charge in [-0.05, 0) is 0 Å². The molecule has 0 aromatic rings. The van der Waals surface area contributed by atoms with E-state index in [2.05, 4.69) is 22.0 Å². The number of rotatable bonds is 0. The summed E-state index contributed by atoms with van der Waals surface area (Å²) in [5.74, 6) is 0. The zero-order valence-electron chi connectivity index (χ0n) is 4.10. The maximum absolute atomic E-state index is 7.68. The van der Waals surface area contributed by atoms with Gasteiger partial charge in [0, 0.05) is 0 Å². The molecule has 0 aromatic heterocycles. The van der Waals surface area contributed by atoms with Crippen LogP contribution in [0, 0.1) is 0 Å². The van der Waals surface area contributed by atoms with Crippen LogP contribution < -0.4 is 22.0 Å². The van der Waals surface area contributed by atoms with Crippen molar-refractivity contribution in [1.29, 1.82) is 0 Å². The van der Waals surface area contributed by atoms with Crippen molar-refractivity contribution in [3.05, 3.63) is 0 Å². The van der Waals surface area contributed by atoms with Crippen LogP contribution in [0.4, 0.5) is 0 Å². The Labute approximate surface area is 49.7 Å². The summed E-state index contributed by atoms with van der Waals surface area (Å²) < 4.78 is 0. The van der Waals surface area contributed by atoms with Gasteiger partial charge in [0.1, 0.15) is 0 Å². The molecule has 0 aliphatic heterocycles. The molecular weight excluding hydrogens is 150 g/mol. The Morgan fingerprint density at radius 3 is 0.750 bits per heavy atom. The van der Waals surface area contributed by atoms with Crippen molar-refractivity contribution in [2.24, 2.45) is 22.0 Å². The quantitative estimate of drug-likeness (QED) is 0.232. The summed E-state index contributed by atoms with van der Waals surface area (Å²) >= 11 is 0. The van der Waals surface area contributed by atoms with Crippen molar-refractivity contribution in [2.75, 3.05) is 0 Å². The fourth-order valence-electron chi connectivity index (χ4n) is 0. The van der Waals surface area contributed by atoms with E-state index >= 15 is 0 Å². The molecular formula is H10N4O2P2. The Kier molecular flexibility index (Phi) is 10.9. The predicted molar refractivity (Wildman–Crippen MR) is 35.0 cm³/mol. The predicted octanol–water partition coefficient (Wildman–Crippen LogP) is -1.75. The summed E-state index contributed by atoms with van der Waals surface area (Å²) in [5.41, 5.74) is 18.0. The maximum Gasteiger partial charge on any atom is 0.173 e. The minimum Gasteiger partial charge on any atom is -0.348 e. The van der Waals surface area contributed by atoms with Gasteiger partial charge in [-0.1, -0.05) is 0 Å². The van der Waals surface area contributed by atoms with Gasteiger partial charge >= 0.3 is 0 Å². The van der Waals surface area contributed by atoms with Gasteiger partial charge in [0.25, 0.3) is 0 Å². The van der Waals surface area contributed by atoms with Crippen LogP contribution in [0.15, 0.2) is 0 Å². The number of hydrogen-bond donors (Lipinski definition) is 6. The van der Waals surface area contributed by atoms with Crippen LogP contribution in [0.1, 0.15) is 0 Å². The molecule has 0 atom stereocenters. The van der Waals surface area contributed by atoms with E-state index in [0.29, 0.717) is 0 Å². The third-order valence-electron chi connectivity index (χ3n) is 0. The van der Waals surface area contributed by atoms with E-state index in [1.54, 1.807) is 0 Å². The van der Waals surface area contributed by atoms with Crippen LogP contribution >= 0.6 is 16.9 Å². The fourth-order valence-corrected chi connectivity index (χ4v) is 0. The van der Waals surface area contributed by atoms with E-state index in [9.17, 15) is 0 Å². The molecule has 10 N–H and O–H groups in total. The fraction of sp³-hybridized carbons (Fsp3) is 0. The molecule has 0 aliphatic rings. The molecule has 0 bridgehead atoms. The zero-order valence-corrected chi connectivity index (χ0v) is 5.89. The molecule has 8 heteroatoms. The van der Waals surface area contributed by atoms with Crippen LogP contribution in [0.25, 0.3) is 0 Å². The SMILES string of the molecule is NP(N)O.NP(N)O. The first-order valence-corrected chi connectivity index (χ1v) is 4.30. The van der Waals surface area contributed by atoms with E-state index in [0.717, 1.165) is 0 Å². The minimum atomic E-state index is -1.62. The highest BCUT2D eigenvalue weighted by Gasteiger charge is 1.69. The third kappa shape index (κ3) is 544. The lowest BCUT2D eigenvalue weighted by Crippen LogP contribution is -1.93. The average Bonchev–Trinajstić information content (AvgIpc) is 1.25. The molecule has 0 aliphatic carbocycles. The van der Waals surface area contributed by atoms with Crippen LogP contribution in [-0.2, 0) is 0 Å². The van der Waals surface area contributed by atoms with E-state index in [1.165, 1.54) is 0 Å². The first kappa shape index (κ1) is 11.4. The molecule has 0 amide bonds. The molecule has 0 radical (unpaired) electrons. The second kappa shape index (κ2) is 7.62. The molecule has 0 saturated carbocycles. The molecule has 0 spiro atoms. The molecule has 0 unspecified atom stereocenters.